The zero-order valence-corrected chi connectivity index (χ0v) is 20.1. The summed E-state index contributed by atoms with van der Waals surface area (Å²) in [6.45, 7) is 5.62. The van der Waals surface area contributed by atoms with E-state index in [0.29, 0.717) is 16.7 Å². The molecule has 35 heavy (non-hydrogen) atoms. The topological polar surface area (TPSA) is 86.2 Å². The molecule has 0 fully saturated rings. The van der Waals surface area contributed by atoms with Crippen LogP contribution < -0.4 is 5.43 Å². The standard InChI is InChI=1S/C26H22ClF2N3O3/c1-26(2,3)35-25(34)32-8-6-15(7-9-32)22-18(28)11-20-23(24(22)29)21(33)12-19(31-20)16-10-14(13-30)4-5-17(16)27/h4-6,10-12H,7-9H2,1-3H3,(H,31,33). The molecule has 0 radical (unpaired) electrons. The van der Waals surface area contributed by atoms with Crippen molar-refractivity contribution in [2.75, 3.05) is 13.1 Å². The number of nitriles is 1. The highest BCUT2D eigenvalue weighted by Gasteiger charge is 2.27. The lowest BCUT2D eigenvalue weighted by Crippen LogP contribution is -2.39. The van der Waals surface area contributed by atoms with E-state index in [2.05, 4.69) is 4.98 Å². The molecule has 0 unspecified atom stereocenters. The predicted octanol–water partition coefficient (Wildman–Crippen LogP) is 6.02. The molecule has 180 valence electrons. The highest BCUT2D eigenvalue weighted by molar-refractivity contribution is 6.33. The molecule has 0 bridgehead atoms. The molecular weight excluding hydrogens is 476 g/mol. The molecule has 1 aromatic heterocycles. The van der Waals surface area contributed by atoms with Crippen molar-refractivity contribution in [1.82, 2.24) is 9.88 Å². The molecule has 2 aromatic carbocycles. The third-order valence-corrected chi connectivity index (χ3v) is 5.91. The van der Waals surface area contributed by atoms with Crippen LogP contribution in [0.2, 0.25) is 5.02 Å². The van der Waals surface area contributed by atoms with Crippen LogP contribution in [0.25, 0.3) is 27.7 Å². The number of nitrogens with one attached hydrogen (secondary N) is 1. The molecule has 2 heterocycles. The fourth-order valence-electron chi connectivity index (χ4n) is 3.97. The van der Waals surface area contributed by atoms with Crippen LogP contribution in [0.5, 0.6) is 0 Å². The van der Waals surface area contributed by atoms with Gasteiger partial charge in [0.2, 0.25) is 0 Å². The second-order valence-corrected chi connectivity index (χ2v) is 9.64. The van der Waals surface area contributed by atoms with Crippen molar-refractivity contribution in [2.45, 2.75) is 32.8 Å². The summed E-state index contributed by atoms with van der Waals surface area (Å²) in [7, 11) is 0. The minimum Gasteiger partial charge on any atom is -0.444 e. The lowest BCUT2D eigenvalue weighted by atomic mass is 9.96. The van der Waals surface area contributed by atoms with Crippen molar-refractivity contribution >= 4 is 34.2 Å². The summed E-state index contributed by atoms with van der Waals surface area (Å²) in [5.41, 5.74) is -0.332. The number of rotatable bonds is 2. The van der Waals surface area contributed by atoms with E-state index in [1.807, 2.05) is 6.07 Å². The maximum Gasteiger partial charge on any atom is 0.410 e. The van der Waals surface area contributed by atoms with Gasteiger partial charge < -0.3 is 14.6 Å². The molecule has 1 aliphatic rings. The van der Waals surface area contributed by atoms with Crippen molar-refractivity contribution in [3.05, 3.63) is 74.4 Å². The van der Waals surface area contributed by atoms with E-state index in [9.17, 15) is 9.59 Å². The van der Waals surface area contributed by atoms with Crippen molar-refractivity contribution in [3.63, 3.8) is 0 Å². The Balaban J connectivity index is 1.73. The third kappa shape index (κ3) is 4.91. The lowest BCUT2D eigenvalue weighted by Gasteiger charge is -2.29. The molecule has 3 aromatic rings. The summed E-state index contributed by atoms with van der Waals surface area (Å²) in [6.07, 6.45) is 1.26. The van der Waals surface area contributed by atoms with E-state index < -0.39 is 28.8 Å². The zero-order chi connectivity index (χ0) is 25.5. The van der Waals surface area contributed by atoms with E-state index in [0.717, 1.165) is 6.07 Å². The fourth-order valence-corrected chi connectivity index (χ4v) is 4.19. The number of carbonyl (C=O) groups is 1. The minimum atomic E-state index is -0.971. The predicted molar refractivity (Wildman–Crippen MR) is 130 cm³/mol. The largest absolute Gasteiger partial charge is 0.444 e. The molecule has 0 saturated carbocycles. The number of pyridine rings is 1. The minimum absolute atomic E-state index is 0.0310. The normalized spacial score (nSPS) is 14.0. The second-order valence-electron chi connectivity index (χ2n) is 9.23. The quantitative estimate of drug-likeness (QED) is 0.469. The number of ether oxygens (including phenoxy) is 1. The van der Waals surface area contributed by atoms with Crippen molar-refractivity contribution < 1.29 is 18.3 Å². The molecule has 1 N–H and O–H groups in total. The molecule has 6 nitrogen and oxygen atoms in total. The molecular formula is C26H22ClF2N3O3. The van der Waals surface area contributed by atoms with Gasteiger partial charge in [0.25, 0.3) is 0 Å². The number of carbonyl (C=O) groups excluding carboxylic acids is 1. The van der Waals surface area contributed by atoms with Crippen LogP contribution in [0.4, 0.5) is 13.6 Å². The molecule has 0 spiro atoms. The summed E-state index contributed by atoms with van der Waals surface area (Å²) >= 11 is 6.23. The van der Waals surface area contributed by atoms with Gasteiger partial charge in [-0.25, -0.2) is 13.6 Å². The highest BCUT2D eigenvalue weighted by atomic mass is 35.5. The van der Waals surface area contributed by atoms with Crippen molar-refractivity contribution in [2.24, 2.45) is 0 Å². The first-order valence-corrected chi connectivity index (χ1v) is 11.3. The monoisotopic (exact) mass is 497 g/mol. The van der Waals surface area contributed by atoms with Gasteiger partial charge >= 0.3 is 6.09 Å². The van der Waals surface area contributed by atoms with E-state index in [1.165, 1.54) is 29.2 Å². The summed E-state index contributed by atoms with van der Waals surface area (Å²) < 4.78 is 36.0. The van der Waals surface area contributed by atoms with Gasteiger partial charge in [0.1, 0.15) is 17.2 Å². The Labute approximate surface area is 205 Å². The van der Waals surface area contributed by atoms with Crippen LogP contribution in [0.1, 0.15) is 38.3 Å². The van der Waals surface area contributed by atoms with E-state index in [-0.39, 0.29) is 46.7 Å². The van der Waals surface area contributed by atoms with Crippen LogP contribution >= 0.6 is 11.6 Å². The van der Waals surface area contributed by atoms with Crippen LogP contribution in [-0.4, -0.2) is 34.7 Å². The summed E-state index contributed by atoms with van der Waals surface area (Å²) in [4.78, 5) is 29.5. The number of H-pyrrole nitrogens is 1. The van der Waals surface area contributed by atoms with Gasteiger partial charge in [-0.3, -0.25) is 4.79 Å². The maximum atomic E-state index is 15.5. The Hall–Kier alpha value is -3.70. The Kier molecular flexibility index (Phi) is 6.39. The van der Waals surface area contributed by atoms with E-state index >= 15 is 8.78 Å². The molecule has 0 aliphatic carbocycles. The smallest absolute Gasteiger partial charge is 0.410 e. The Bertz CT molecular complexity index is 1480. The molecule has 1 aliphatic heterocycles. The van der Waals surface area contributed by atoms with Crippen LogP contribution in [-0.2, 0) is 4.74 Å². The van der Waals surface area contributed by atoms with Gasteiger partial charge in [-0.1, -0.05) is 17.7 Å². The van der Waals surface area contributed by atoms with E-state index in [4.69, 9.17) is 21.6 Å². The number of amides is 1. The molecule has 9 heteroatoms. The first-order chi connectivity index (χ1) is 16.5. The Morgan fingerprint density at radius 2 is 1.97 bits per heavy atom. The van der Waals surface area contributed by atoms with Gasteiger partial charge in [0, 0.05) is 35.3 Å². The number of nitrogens with zero attached hydrogens (tertiary/aromatic N) is 2. The van der Waals surface area contributed by atoms with Crippen LogP contribution in [0.15, 0.2) is 41.2 Å². The average molecular weight is 498 g/mol. The Morgan fingerprint density at radius 1 is 1.23 bits per heavy atom. The van der Waals surface area contributed by atoms with Crippen molar-refractivity contribution in [1.29, 1.82) is 5.26 Å². The number of hydrogen-bond donors (Lipinski definition) is 1. The summed E-state index contributed by atoms with van der Waals surface area (Å²) in [5, 5.41) is 9.14. The summed E-state index contributed by atoms with van der Waals surface area (Å²) in [5.74, 6) is -1.81. The average Bonchev–Trinajstić information content (AvgIpc) is 2.78. The SMILES string of the molecule is CC(C)(C)OC(=O)N1CC=C(c2c(F)cc3[nH]c(-c4cc(C#N)ccc4Cl)cc(=O)c3c2F)CC1. The molecule has 0 atom stereocenters. The first-order valence-electron chi connectivity index (χ1n) is 10.9. The number of benzene rings is 2. The van der Waals surface area contributed by atoms with Crippen LogP contribution in [0.3, 0.4) is 0 Å². The number of fused-ring (bicyclic) bond motifs is 1. The van der Waals surface area contributed by atoms with Crippen molar-refractivity contribution in [3.8, 4) is 17.3 Å². The highest BCUT2D eigenvalue weighted by Crippen LogP contribution is 2.33. The van der Waals surface area contributed by atoms with Gasteiger partial charge in [-0.2, -0.15) is 5.26 Å². The van der Waals surface area contributed by atoms with Crippen LogP contribution in [0, 0.1) is 23.0 Å². The Morgan fingerprint density at radius 3 is 2.60 bits per heavy atom. The maximum absolute atomic E-state index is 15.5. The van der Waals surface area contributed by atoms with Gasteiger partial charge in [-0.05, 0) is 57.0 Å². The first kappa shape index (κ1) is 24.4. The van der Waals surface area contributed by atoms with E-state index in [1.54, 1.807) is 26.8 Å². The molecule has 1 amide bonds. The number of aromatic nitrogens is 1. The lowest BCUT2D eigenvalue weighted by molar-refractivity contribution is 0.0270. The zero-order valence-electron chi connectivity index (χ0n) is 19.3. The fraction of sp³-hybridized carbons (Fsp3) is 0.269. The molecule has 4 rings (SSSR count). The third-order valence-electron chi connectivity index (χ3n) is 5.58. The molecule has 0 saturated heterocycles. The number of hydrogen-bond acceptors (Lipinski definition) is 4. The van der Waals surface area contributed by atoms with Gasteiger partial charge in [0.05, 0.1) is 28.2 Å². The number of aromatic amines is 1. The second kappa shape index (κ2) is 9.16. The van der Waals surface area contributed by atoms with Gasteiger partial charge in [0.15, 0.2) is 5.43 Å². The summed E-state index contributed by atoms with van der Waals surface area (Å²) in [6, 6.07) is 8.76. The number of halogens is 3. The van der Waals surface area contributed by atoms with Gasteiger partial charge in [-0.15, -0.1) is 0 Å².